The molecule has 1 unspecified atom stereocenters. The van der Waals surface area contributed by atoms with E-state index in [0.717, 1.165) is 44.2 Å². The molecule has 0 spiro atoms. The lowest BCUT2D eigenvalue weighted by Gasteiger charge is -2.33. The molecule has 4 heteroatoms. The molecule has 0 aromatic carbocycles. The summed E-state index contributed by atoms with van der Waals surface area (Å²) >= 11 is 0. The summed E-state index contributed by atoms with van der Waals surface area (Å²) in [6.07, 6.45) is 2.88. The Labute approximate surface area is 103 Å². The van der Waals surface area contributed by atoms with E-state index in [1.807, 2.05) is 4.90 Å². The van der Waals surface area contributed by atoms with E-state index < -0.39 is 0 Å². The van der Waals surface area contributed by atoms with Crippen LogP contribution in [0.4, 0.5) is 4.79 Å². The van der Waals surface area contributed by atoms with Gasteiger partial charge in [0.2, 0.25) is 0 Å². The third-order valence-electron chi connectivity index (χ3n) is 3.90. The van der Waals surface area contributed by atoms with Gasteiger partial charge in [0.1, 0.15) is 6.10 Å². The Morgan fingerprint density at radius 1 is 1.29 bits per heavy atom. The second kappa shape index (κ2) is 5.71. The molecule has 1 atom stereocenters. The summed E-state index contributed by atoms with van der Waals surface area (Å²) in [7, 11) is 0. The average Bonchev–Trinajstić information content (AvgIpc) is 2.82. The van der Waals surface area contributed by atoms with Crippen molar-refractivity contribution < 1.29 is 14.3 Å². The van der Waals surface area contributed by atoms with Crippen LogP contribution in [0.2, 0.25) is 0 Å². The van der Waals surface area contributed by atoms with Crippen molar-refractivity contribution >= 4 is 6.09 Å². The fourth-order valence-electron chi connectivity index (χ4n) is 2.57. The first-order valence-corrected chi connectivity index (χ1v) is 6.70. The highest BCUT2D eigenvalue weighted by Gasteiger charge is 2.28. The Morgan fingerprint density at radius 2 is 2.00 bits per heavy atom. The third kappa shape index (κ3) is 3.35. The van der Waals surface area contributed by atoms with E-state index in [4.69, 9.17) is 9.47 Å². The van der Waals surface area contributed by atoms with Crippen LogP contribution in [0.5, 0.6) is 0 Å². The van der Waals surface area contributed by atoms with Crippen molar-refractivity contribution in [3.8, 4) is 0 Å². The van der Waals surface area contributed by atoms with Gasteiger partial charge in [0, 0.05) is 19.5 Å². The Hall–Kier alpha value is -0.770. The molecular weight excluding hydrogens is 218 g/mol. The van der Waals surface area contributed by atoms with Crippen molar-refractivity contribution in [1.82, 2.24) is 4.90 Å². The van der Waals surface area contributed by atoms with Gasteiger partial charge in [0.25, 0.3) is 0 Å². The smallest absolute Gasteiger partial charge is 0.410 e. The molecule has 2 heterocycles. The zero-order valence-corrected chi connectivity index (χ0v) is 10.9. The molecule has 2 aliphatic heterocycles. The SMILES string of the molecule is CC(C)C1CCN(C(=O)OC2CCOC2)CC1. The molecular formula is C13H23NO3. The molecule has 0 radical (unpaired) electrons. The van der Waals surface area contributed by atoms with Crippen LogP contribution >= 0.6 is 0 Å². The van der Waals surface area contributed by atoms with Gasteiger partial charge in [-0.05, 0) is 24.7 Å². The van der Waals surface area contributed by atoms with Crippen LogP contribution in [0.1, 0.15) is 33.1 Å². The molecule has 1 amide bonds. The van der Waals surface area contributed by atoms with Crippen molar-refractivity contribution in [2.24, 2.45) is 11.8 Å². The van der Waals surface area contributed by atoms with Crippen molar-refractivity contribution in [2.75, 3.05) is 26.3 Å². The van der Waals surface area contributed by atoms with Gasteiger partial charge in [-0.3, -0.25) is 0 Å². The van der Waals surface area contributed by atoms with Crippen molar-refractivity contribution in [3.63, 3.8) is 0 Å². The molecule has 0 saturated carbocycles. The molecule has 2 saturated heterocycles. The van der Waals surface area contributed by atoms with Crippen molar-refractivity contribution in [3.05, 3.63) is 0 Å². The fraction of sp³-hybridized carbons (Fsp3) is 0.923. The van der Waals surface area contributed by atoms with E-state index in [0.29, 0.717) is 13.2 Å². The number of hydrogen-bond donors (Lipinski definition) is 0. The van der Waals surface area contributed by atoms with Crippen molar-refractivity contribution in [1.29, 1.82) is 0 Å². The van der Waals surface area contributed by atoms with Gasteiger partial charge in [-0.25, -0.2) is 4.79 Å². The number of carbonyl (C=O) groups is 1. The number of nitrogens with zero attached hydrogens (tertiary/aromatic N) is 1. The standard InChI is InChI=1S/C13H23NO3/c1-10(2)11-3-6-14(7-4-11)13(15)17-12-5-8-16-9-12/h10-12H,3-9H2,1-2H3. The largest absolute Gasteiger partial charge is 0.444 e. The van der Waals surface area contributed by atoms with Crippen LogP contribution in [0.15, 0.2) is 0 Å². The highest BCUT2D eigenvalue weighted by Crippen LogP contribution is 2.25. The van der Waals surface area contributed by atoms with E-state index in [2.05, 4.69) is 13.8 Å². The van der Waals surface area contributed by atoms with Gasteiger partial charge < -0.3 is 14.4 Å². The number of piperidine rings is 1. The average molecular weight is 241 g/mol. The maximum absolute atomic E-state index is 11.9. The van der Waals surface area contributed by atoms with Crippen LogP contribution in [0.3, 0.4) is 0 Å². The number of hydrogen-bond acceptors (Lipinski definition) is 3. The van der Waals surface area contributed by atoms with E-state index in [-0.39, 0.29) is 12.2 Å². The highest BCUT2D eigenvalue weighted by atomic mass is 16.6. The molecule has 17 heavy (non-hydrogen) atoms. The molecule has 0 bridgehead atoms. The van der Waals surface area contributed by atoms with E-state index in [1.54, 1.807) is 0 Å². The number of ether oxygens (including phenoxy) is 2. The normalized spacial score (nSPS) is 26.5. The molecule has 4 nitrogen and oxygen atoms in total. The summed E-state index contributed by atoms with van der Waals surface area (Å²) in [6.45, 7) is 7.48. The van der Waals surface area contributed by atoms with Gasteiger partial charge in [0.15, 0.2) is 0 Å². The monoisotopic (exact) mass is 241 g/mol. The predicted molar refractivity (Wildman–Crippen MR) is 64.8 cm³/mol. The Kier molecular flexibility index (Phi) is 4.26. The molecule has 0 aromatic heterocycles. The van der Waals surface area contributed by atoms with Gasteiger partial charge >= 0.3 is 6.09 Å². The minimum Gasteiger partial charge on any atom is -0.444 e. The maximum atomic E-state index is 11.9. The highest BCUT2D eigenvalue weighted by molar-refractivity contribution is 5.67. The summed E-state index contributed by atoms with van der Waals surface area (Å²) < 4.78 is 10.6. The van der Waals surface area contributed by atoms with Crippen LogP contribution in [0, 0.1) is 11.8 Å². The maximum Gasteiger partial charge on any atom is 0.410 e. The molecule has 0 aromatic rings. The fourth-order valence-corrected chi connectivity index (χ4v) is 2.57. The topological polar surface area (TPSA) is 38.8 Å². The zero-order valence-electron chi connectivity index (χ0n) is 10.9. The van der Waals surface area contributed by atoms with E-state index in [9.17, 15) is 4.79 Å². The molecule has 98 valence electrons. The van der Waals surface area contributed by atoms with Crippen LogP contribution in [-0.4, -0.2) is 43.4 Å². The lowest BCUT2D eigenvalue weighted by Crippen LogP contribution is -2.41. The van der Waals surface area contributed by atoms with Crippen LogP contribution in [0.25, 0.3) is 0 Å². The summed E-state index contributed by atoms with van der Waals surface area (Å²) in [6, 6.07) is 0. The first-order valence-electron chi connectivity index (χ1n) is 6.70. The first-order chi connectivity index (χ1) is 8.16. The number of carbonyl (C=O) groups excluding carboxylic acids is 1. The van der Waals surface area contributed by atoms with Crippen LogP contribution < -0.4 is 0 Å². The molecule has 2 fully saturated rings. The van der Waals surface area contributed by atoms with Gasteiger partial charge in [0.05, 0.1) is 13.2 Å². The Morgan fingerprint density at radius 3 is 2.53 bits per heavy atom. The minimum atomic E-state index is -0.150. The summed E-state index contributed by atoms with van der Waals surface area (Å²) in [5, 5.41) is 0. The van der Waals surface area contributed by atoms with Gasteiger partial charge in [-0.2, -0.15) is 0 Å². The number of rotatable bonds is 2. The molecule has 2 aliphatic rings. The third-order valence-corrected chi connectivity index (χ3v) is 3.90. The lowest BCUT2D eigenvalue weighted by molar-refractivity contribution is 0.0439. The molecule has 2 rings (SSSR count). The summed E-state index contributed by atoms with van der Waals surface area (Å²) in [5.41, 5.74) is 0. The van der Waals surface area contributed by atoms with Crippen LogP contribution in [-0.2, 0) is 9.47 Å². The number of amides is 1. The second-order valence-electron chi connectivity index (χ2n) is 5.44. The predicted octanol–water partition coefficient (Wildman–Crippen LogP) is 2.28. The van der Waals surface area contributed by atoms with E-state index in [1.165, 1.54) is 0 Å². The number of likely N-dealkylation sites (tertiary alicyclic amines) is 1. The minimum absolute atomic E-state index is 0.0228. The molecule has 0 aliphatic carbocycles. The quantitative estimate of drug-likeness (QED) is 0.744. The second-order valence-corrected chi connectivity index (χ2v) is 5.44. The van der Waals surface area contributed by atoms with E-state index >= 15 is 0 Å². The summed E-state index contributed by atoms with van der Waals surface area (Å²) in [4.78, 5) is 13.7. The Balaban J connectivity index is 1.74. The summed E-state index contributed by atoms with van der Waals surface area (Å²) in [5.74, 6) is 1.48. The lowest BCUT2D eigenvalue weighted by atomic mass is 9.87. The Bertz CT molecular complexity index is 253. The van der Waals surface area contributed by atoms with Crippen molar-refractivity contribution in [2.45, 2.75) is 39.2 Å². The van der Waals surface area contributed by atoms with Gasteiger partial charge in [-0.1, -0.05) is 13.8 Å². The van der Waals surface area contributed by atoms with Gasteiger partial charge in [-0.15, -0.1) is 0 Å². The zero-order chi connectivity index (χ0) is 12.3. The molecule has 0 N–H and O–H groups in total. The first kappa shape index (κ1) is 12.7.